The third-order valence-corrected chi connectivity index (χ3v) is 5.48. The first-order chi connectivity index (χ1) is 9.40. The highest BCUT2D eigenvalue weighted by molar-refractivity contribution is 9.13. The van der Waals surface area contributed by atoms with Crippen molar-refractivity contribution in [1.82, 2.24) is 4.90 Å². The zero-order chi connectivity index (χ0) is 14.9. The average molecular weight is 404 g/mol. The SMILES string of the molecule is CC(C)CN1C(=O)CCC(N)C1c1ccc(Br)c(Br)c1. The van der Waals surface area contributed by atoms with Crippen LogP contribution >= 0.6 is 31.9 Å². The van der Waals surface area contributed by atoms with Crippen molar-refractivity contribution in [3.05, 3.63) is 32.7 Å². The van der Waals surface area contributed by atoms with Gasteiger partial charge in [0.05, 0.1) is 6.04 Å². The Morgan fingerprint density at radius 3 is 2.65 bits per heavy atom. The second-order valence-corrected chi connectivity index (χ2v) is 7.47. The van der Waals surface area contributed by atoms with Crippen molar-refractivity contribution >= 4 is 37.8 Å². The summed E-state index contributed by atoms with van der Waals surface area (Å²) in [5.74, 6) is 0.648. The van der Waals surface area contributed by atoms with Gasteiger partial charge in [0.2, 0.25) is 5.91 Å². The Morgan fingerprint density at radius 2 is 2.05 bits per heavy atom. The number of benzene rings is 1. The van der Waals surface area contributed by atoms with Crippen molar-refractivity contribution in [2.75, 3.05) is 6.54 Å². The molecule has 0 spiro atoms. The van der Waals surface area contributed by atoms with E-state index in [9.17, 15) is 4.79 Å². The summed E-state index contributed by atoms with van der Waals surface area (Å²) in [4.78, 5) is 14.2. The quantitative estimate of drug-likeness (QED) is 0.832. The molecule has 2 N–H and O–H groups in total. The summed E-state index contributed by atoms with van der Waals surface area (Å²) < 4.78 is 2.00. The van der Waals surface area contributed by atoms with Crippen LogP contribution in [0.1, 0.15) is 38.3 Å². The van der Waals surface area contributed by atoms with Gasteiger partial charge in [0.1, 0.15) is 0 Å². The summed E-state index contributed by atoms with van der Waals surface area (Å²) in [7, 11) is 0. The molecule has 1 amide bonds. The molecule has 1 aromatic rings. The first-order valence-electron chi connectivity index (χ1n) is 6.90. The van der Waals surface area contributed by atoms with E-state index in [0.717, 1.165) is 27.5 Å². The molecule has 1 fully saturated rings. The molecule has 20 heavy (non-hydrogen) atoms. The lowest BCUT2D eigenvalue weighted by Gasteiger charge is -2.41. The molecule has 0 aromatic heterocycles. The van der Waals surface area contributed by atoms with E-state index >= 15 is 0 Å². The maximum absolute atomic E-state index is 12.3. The molecule has 2 rings (SSSR count). The zero-order valence-corrected chi connectivity index (χ0v) is 14.9. The van der Waals surface area contributed by atoms with Crippen molar-refractivity contribution in [2.45, 2.75) is 38.8 Å². The fraction of sp³-hybridized carbons (Fsp3) is 0.533. The van der Waals surface area contributed by atoms with Crippen molar-refractivity contribution in [3.8, 4) is 0 Å². The molecule has 1 aromatic carbocycles. The number of likely N-dealkylation sites (tertiary alicyclic amines) is 1. The largest absolute Gasteiger partial charge is 0.334 e. The molecule has 0 saturated carbocycles. The van der Waals surface area contributed by atoms with E-state index in [1.807, 2.05) is 17.0 Å². The number of carbonyl (C=O) groups excluding carboxylic acids is 1. The number of carbonyl (C=O) groups is 1. The molecule has 1 aliphatic rings. The van der Waals surface area contributed by atoms with Crippen LogP contribution in [0.3, 0.4) is 0 Å². The second-order valence-electron chi connectivity index (χ2n) is 5.76. The summed E-state index contributed by atoms with van der Waals surface area (Å²) in [6.07, 6.45) is 1.31. The van der Waals surface area contributed by atoms with Crippen molar-refractivity contribution in [1.29, 1.82) is 0 Å². The molecule has 3 nitrogen and oxygen atoms in total. The van der Waals surface area contributed by atoms with E-state index in [4.69, 9.17) is 5.73 Å². The molecule has 1 saturated heterocycles. The van der Waals surface area contributed by atoms with E-state index < -0.39 is 0 Å². The third-order valence-electron chi connectivity index (χ3n) is 3.60. The smallest absolute Gasteiger partial charge is 0.223 e. The molecule has 110 valence electrons. The topological polar surface area (TPSA) is 46.3 Å². The molecule has 1 heterocycles. The minimum Gasteiger partial charge on any atom is -0.334 e. The van der Waals surface area contributed by atoms with Crippen LogP contribution in [0.5, 0.6) is 0 Å². The van der Waals surface area contributed by atoms with Gasteiger partial charge < -0.3 is 10.6 Å². The molecule has 0 aliphatic carbocycles. The van der Waals surface area contributed by atoms with Crippen LogP contribution in [0.2, 0.25) is 0 Å². The third kappa shape index (κ3) is 3.43. The van der Waals surface area contributed by atoms with Gasteiger partial charge in [-0.05, 0) is 61.9 Å². The van der Waals surface area contributed by atoms with Crippen LogP contribution in [0.25, 0.3) is 0 Å². The molecule has 2 unspecified atom stereocenters. The average Bonchev–Trinajstić information content (AvgIpc) is 2.37. The lowest BCUT2D eigenvalue weighted by atomic mass is 9.90. The number of hydrogen-bond donors (Lipinski definition) is 1. The van der Waals surface area contributed by atoms with Crippen LogP contribution in [0, 0.1) is 5.92 Å². The van der Waals surface area contributed by atoms with Crippen LogP contribution in [0.4, 0.5) is 0 Å². The second kappa shape index (κ2) is 6.58. The molecule has 1 aliphatic heterocycles. The van der Waals surface area contributed by atoms with E-state index in [2.05, 4.69) is 51.8 Å². The van der Waals surface area contributed by atoms with Crippen LogP contribution in [-0.2, 0) is 4.79 Å². The van der Waals surface area contributed by atoms with E-state index in [1.165, 1.54) is 0 Å². The molecule has 5 heteroatoms. The Labute approximate surface area is 137 Å². The first-order valence-corrected chi connectivity index (χ1v) is 8.48. The summed E-state index contributed by atoms with van der Waals surface area (Å²) >= 11 is 7.00. The fourth-order valence-corrected chi connectivity index (χ4v) is 3.35. The van der Waals surface area contributed by atoms with Gasteiger partial charge in [-0.2, -0.15) is 0 Å². The highest BCUT2D eigenvalue weighted by atomic mass is 79.9. The lowest BCUT2D eigenvalue weighted by molar-refractivity contribution is -0.138. The molecular weight excluding hydrogens is 384 g/mol. The number of piperidine rings is 1. The molecule has 0 radical (unpaired) electrons. The van der Waals surface area contributed by atoms with Gasteiger partial charge in [-0.1, -0.05) is 19.9 Å². The summed E-state index contributed by atoms with van der Waals surface area (Å²) in [6, 6.07) is 6.08. The predicted molar refractivity (Wildman–Crippen MR) is 88.3 cm³/mol. The number of nitrogens with zero attached hydrogens (tertiary/aromatic N) is 1. The van der Waals surface area contributed by atoms with Crippen molar-refractivity contribution in [2.24, 2.45) is 11.7 Å². The zero-order valence-electron chi connectivity index (χ0n) is 11.8. The maximum atomic E-state index is 12.3. The van der Waals surface area contributed by atoms with Gasteiger partial charge in [-0.15, -0.1) is 0 Å². The van der Waals surface area contributed by atoms with Crippen molar-refractivity contribution in [3.63, 3.8) is 0 Å². The van der Waals surface area contributed by atoms with Gasteiger partial charge in [0.25, 0.3) is 0 Å². The van der Waals surface area contributed by atoms with Gasteiger partial charge >= 0.3 is 0 Å². The normalized spacial score (nSPS) is 23.5. The number of amides is 1. The minimum atomic E-state index is -0.0250. The summed E-state index contributed by atoms with van der Waals surface area (Å²) in [5.41, 5.74) is 7.40. The van der Waals surface area contributed by atoms with Gasteiger partial charge in [-0.3, -0.25) is 4.79 Å². The summed E-state index contributed by atoms with van der Waals surface area (Å²) in [5, 5.41) is 0. The van der Waals surface area contributed by atoms with E-state index in [1.54, 1.807) is 0 Å². The Bertz CT molecular complexity index is 505. The van der Waals surface area contributed by atoms with Gasteiger partial charge in [-0.25, -0.2) is 0 Å². The van der Waals surface area contributed by atoms with Crippen LogP contribution < -0.4 is 5.73 Å². The molecule has 2 atom stereocenters. The summed E-state index contributed by atoms with van der Waals surface area (Å²) in [6.45, 7) is 5.01. The van der Waals surface area contributed by atoms with Gasteiger partial charge in [0.15, 0.2) is 0 Å². The van der Waals surface area contributed by atoms with E-state index in [0.29, 0.717) is 12.3 Å². The monoisotopic (exact) mass is 402 g/mol. The maximum Gasteiger partial charge on any atom is 0.223 e. The Hall–Kier alpha value is -0.390. The minimum absolute atomic E-state index is 0.000439. The van der Waals surface area contributed by atoms with Crippen molar-refractivity contribution < 1.29 is 4.79 Å². The Kier molecular flexibility index (Phi) is 5.26. The van der Waals surface area contributed by atoms with Crippen LogP contribution in [-0.4, -0.2) is 23.4 Å². The Morgan fingerprint density at radius 1 is 1.35 bits per heavy atom. The number of halogens is 2. The molecule has 0 bridgehead atoms. The predicted octanol–water partition coefficient (Wildman–Crippen LogP) is 3.86. The lowest BCUT2D eigenvalue weighted by Crippen LogP contribution is -2.49. The number of nitrogens with two attached hydrogens (primary N) is 1. The molecular formula is C15H20Br2N2O. The highest BCUT2D eigenvalue weighted by Gasteiger charge is 2.35. The number of rotatable bonds is 3. The first kappa shape index (κ1) is 16.0. The van der Waals surface area contributed by atoms with Gasteiger partial charge in [0, 0.05) is 28.0 Å². The van der Waals surface area contributed by atoms with E-state index in [-0.39, 0.29) is 18.0 Å². The fourth-order valence-electron chi connectivity index (χ4n) is 2.71. The van der Waals surface area contributed by atoms with Crippen LogP contribution in [0.15, 0.2) is 27.1 Å². The highest BCUT2D eigenvalue weighted by Crippen LogP contribution is 2.34. The standard InChI is InChI=1S/C15H20Br2N2O/c1-9(2)8-19-14(20)6-5-13(18)15(19)10-3-4-11(16)12(17)7-10/h3-4,7,9,13,15H,5-6,8,18H2,1-2H3. The number of hydrogen-bond acceptors (Lipinski definition) is 2. The Balaban J connectivity index is 2.36.